The van der Waals surface area contributed by atoms with Crippen molar-refractivity contribution < 1.29 is 13.2 Å². The molecule has 8 heteroatoms. The lowest BCUT2D eigenvalue weighted by Gasteiger charge is -2.18. The van der Waals surface area contributed by atoms with Crippen LogP contribution in [0.2, 0.25) is 0 Å². The van der Waals surface area contributed by atoms with E-state index in [4.69, 9.17) is 0 Å². The van der Waals surface area contributed by atoms with Crippen LogP contribution in [-0.2, 0) is 24.8 Å². The molecule has 0 spiro atoms. The molecular weight excluding hydrogens is 445 g/mol. The van der Waals surface area contributed by atoms with Crippen molar-refractivity contribution in [1.29, 1.82) is 0 Å². The molecule has 4 nitrogen and oxygen atoms in total. The maximum absolute atomic E-state index is 13.1. The maximum Gasteiger partial charge on any atom is 0.416 e. The number of aryl methyl sites for hydroxylation is 2. The summed E-state index contributed by atoms with van der Waals surface area (Å²) in [7, 11) is 0. The van der Waals surface area contributed by atoms with Crippen LogP contribution < -0.4 is 0 Å². The summed E-state index contributed by atoms with van der Waals surface area (Å²) in [5.41, 5.74) is 4.08. The van der Waals surface area contributed by atoms with Crippen LogP contribution in [0.3, 0.4) is 0 Å². The number of thioether (sulfide) groups is 1. The molecule has 0 fully saturated rings. The van der Waals surface area contributed by atoms with Crippen LogP contribution in [0.25, 0.3) is 17.1 Å². The fraction of sp³-hybridized carbons (Fsp3) is 0.240. The molecule has 0 N–H and O–H groups in total. The molecule has 2 heterocycles. The van der Waals surface area contributed by atoms with Crippen molar-refractivity contribution in [3.63, 3.8) is 0 Å². The zero-order chi connectivity index (χ0) is 23.4. The number of halogens is 3. The standard InChI is InChI=1S/C25H23F3N4S/c1-3-18-9-6-10-19(4-2)22(18)32-23(20-11-7-13-29-15-20)30-31-24(32)33-16-17-8-5-12-21(14-17)25(26,27)28/h5-15H,3-4,16H2,1-2H3. The number of hydrogen-bond donors (Lipinski definition) is 0. The highest BCUT2D eigenvalue weighted by molar-refractivity contribution is 7.98. The van der Waals surface area contributed by atoms with Gasteiger partial charge in [0.2, 0.25) is 0 Å². The molecule has 4 aromatic rings. The number of para-hydroxylation sites is 1. The number of aromatic nitrogens is 4. The summed E-state index contributed by atoms with van der Waals surface area (Å²) >= 11 is 1.37. The van der Waals surface area contributed by atoms with Crippen molar-refractivity contribution in [1.82, 2.24) is 19.7 Å². The zero-order valence-corrected chi connectivity index (χ0v) is 19.1. The quantitative estimate of drug-likeness (QED) is 0.281. The van der Waals surface area contributed by atoms with E-state index < -0.39 is 11.7 Å². The van der Waals surface area contributed by atoms with Crippen molar-refractivity contribution >= 4 is 11.8 Å². The first-order valence-corrected chi connectivity index (χ1v) is 11.7. The normalized spacial score (nSPS) is 11.7. The SMILES string of the molecule is CCc1cccc(CC)c1-n1c(SCc2cccc(C(F)(F)F)c2)nnc1-c1cccnc1. The van der Waals surface area contributed by atoms with Crippen LogP contribution in [0.4, 0.5) is 13.2 Å². The van der Waals surface area contributed by atoms with Crippen molar-refractivity contribution in [3.8, 4) is 17.1 Å². The van der Waals surface area contributed by atoms with Gasteiger partial charge in [-0.25, -0.2) is 0 Å². The molecule has 0 radical (unpaired) electrons. The van der Waals surface area contributed by atoms with Gasteiger partial charge in [0.15, 0.2) is 11.0 Å². The van der Waals surface area contributed by atoms with Gasteiger partial charge in [-0.15, -0.1) is 10.2 Å². The maximum atomic E-state index is 13.1. The number of hydrogen-bond acceptors (Lipinski definition) is 4. The van der Waals surface area contributed by atoms with Gasteiger partial charge in [-0.1, -0.05) is 62.0 Å². The number of benzene rings is 2. The molecule has 170 valence electrons. The molecule has 0 atom stereocenters. The summed E-state index contributed by atoms with van der Waals surface area (Å²) in [6.07, 6.45) is 0.717. The van der Waals surface area contributed by atoms with E-state index in [0.717, 1.165) is 41.3 Å². The van der Waals surface area contributed by atoms with Gasteiger partial charge >= 0.3 is 6.18 Å². The third-order valence-corrected chi connectivity index (χ3v) is 6.36. The van der Waals surface area contributed by atoms with Crippen LogP contribution in [0, 0.1) is 0 Å². The largest absolute Gasteiger partial charge is 0.416 e. The minimum Gasteiger partial charge on any atom is -0.269 e. The van der Waals surface area contributed by atoms with Gasteiger partial charge in [-0.05, 0) is 47.7 Å². The smallest absolute Gasteiger partial charge is 0.269 e. The van der Waals surface area contributed by atoms with Crippen molar-refractivity contribution in [3.05, 3.63) is 89.2 Å². The highest BCUT2D eigenvalue weighted by atomic mass is 32.2. The minimum absolute atomic E-state index is 0.338. The van der Waals surface area contributed by atoms with Gasteiger partial charge < -0.3 is 0 Å². The molecule has 0 aliphatic carbocycles. The average molecular weight is 469 g/mol. The van der Waals surface area contributed by atoms with Crippen LogP contribution in [-0.4, -0.2) is 19.7 Å². The monoisotopic (exact) mass is 468 g/mol. The summed E-state index contributed by atoms with van der Waals surface area (Å²) in [6.45, 7) is 4.20. The van der Waals surface area contributed by atoms with Crippen LogP contribution >= 0.6 is 11.8 Å². The second-order valence-electron chi connectivity index (χ2n) is 7.50. The van der Waals surface area contributed by atoms with Gasteiger partial charge in [-0.2, -0.15) is 13.2 Å². The van der Waals surface area contributed by atoms with E-state index in [9.17, 15) is 13.2 Å². The van der Waals surface area contributed by atoms with Crippen LogP contribution in [0.1, 0.15) is 36.1 Å². The Hall–Kier alpha value is -3.13. The van der Waals surface area contributed by atoms with Crippen LogP contribution in [0.15, 0.2) is 72.1 Å². The first-order chi connectivity index (χ1) is 15.9. The Labute approximate surface area is 194 Å². The van der Waals surface area contributed by atoms with Crippen molar-refractivity contribution in [2.45, 2.75) is 43.8 Å². The molecule has 0 saturated carbocycles. The Balaban J connectivity index is 1.79. The van der Waals surface area contributed by atoms with E-state index in [0.29, 0.717) is 22.3 Å². The first-order valence-electron chi connectivity index (χ1n) is 10.7. The summed E-state index contributed by atoms with van der Waals surface area (Å²) in [5.74, 6) is 0.996. The molecule has 33 heavy (non-hydrogen) atoms. The molecule has 0 unspecified atom stereocenters. The first kappa shape index (κ1) is 23.0. The number of alkyl halides is 3. The lowest BCUT2D eigenvalue weighted by atomic mass is 10.0. The molecule has 0 aliphatic rings. The summed E-state index contributed by atoms with van der Waals surface area (Å²) in [4.78, 5) is 4.22. The van der Waals surface area contributed by atoms with Gasteiger partial charge in [0.05, 0.1) is 11.3 Å². The summed E-state index contributed by atoms with van der Waals surface area (Å²) in [6, 6.07) is 15.4. The zero-order valence-electron chi connectivity index (χ0n) is 18.3. The average Bonchev–Trinajstić information content (AvgIpc) is 3.25. The lowest BCUT2D eigenvalue weighted by Crippen LogP contribution is -2.07. The molecule has 0 bridgehead atoms. The third kappa shape index (κ3) is 4.95. The summed E-state index contributed by atoms with van der Waals surface area (Å²) in [5, 5.41) is 9.51. The Morgan fingerprint density at radius 3 is 2.27 bits per heavy atom. The third-order valence-electron chi connectivity index (χ3n) is 5.36. The number of rotatable bonds is 7. The van der Waals surface area contributed by atoms with Gasteiger partial charge in [-0.3, -0.25) is 9.55 Å². The van der Waals surface area contributed by atoms with Crippen molar-refractivity contribution in [2.75, 3.05) is 0 Å². The second kappa shape index (κ2) is 9.79. The number of pyridine rings is 1. The molecule has 0 amide bonds. The Kier molecular flexibility index (Phi) is 6.83. The van der Waals surface area contributed by atoms with Gasteiger partial charge in [0, 0.05) is 23.7 Å². The Morgan fingerprint density at radius 2 is 1.64 bits per heavy atom. The highest BCUT2D eigenvalue weighted by Crippen LogP contribution is 2.34. The van der Waals surface area contributed by atoms with Crippen LogP contribution in [0.5, 0.6) is 0 Å². The molecule has 4 rings (SSSR count). The molecule has 2 aromatic heterocycles. The van der Waals surface area contributed by atoms with Gasteiger partial charge in [0.1, 0.15) is 0 Å². The van der Waals surface area contributed by atoms with E-state index in [1.54, 1.807) is 18.5 Å². The van der Waals surface area contributed by atoms with E-state index in [-0.39, 0.29) is 0 Å². The Bertz CT molecular complexity index is 1210. The van der Waals surface area contributed by atoms with Gasteiger partial charge in [0.25, 0.3) is 0 Å². The van der Waals surface area contributed by atoms with E-state index in [1.165, 1.54) is 23.9 Å². The van der Waals surface area contributed by atoms with E-state index >= 15 is 0 Å². The highest BCUT2D eigenvalue weighted by Gasteiger charge is 2.30. The fourth-order valence-corrected chi connectivity index (χ4v) is 4.62. The molecule has 0 saturated heterocycles. The van der Waals surface area contributed by atoms with Crippen molar-refractivity contribution in [2.24, 2.45) is 0 Å². The summed E-state index contributed by atoms with van der Waals surface area (Å²) < 4.78 is 41.4. The minimum atomic E-state index is -4.37. The predicted molar refractivity (Wildman–Crippen MR) is 124 cm³/mol. The number of nitrogens with zero attached hydrogens (tertiary/aromatic N) is 4. The topological polar surface area (TPSA) is 43.6 Å². The molecule has 0 aliphatic heterocycles. The van der Waals surface area contributed by atoms with E-state index in [2.05, 4.69) is 41.2 Å². The Morgan fingerprint density at radius 1 is 0.909 bits per heavy atom. The predicted octanol–water partition coefficient (Wildman–Crippen LogP) is 6.77. The van der Waals surface area contributed by atoms with E-state index in [1.807, 2.05) is 22.8 Å². The fourth-order valence-electron chi connectivity index (χ4n) is 3.73. The molecule has 2 aromatic carbocycles. The second-order valence-corrected chi connectivity index (χ2v) is 8.44. The molecular formula is C25H23F3N4S. The lowest BCUT2D eigenvalue weighted by molar-refractivity contribution is -0.137.